The molecule has 0 spiro atoms. The third-order valence-electron chi connectivity index (χ3n) is 3.05. The molecule has 2 rings (SSSR count). The lowest BCUT2D eigenvalue weighted by Gasteiger charge is -2.23. The van der Waals surface area contributed by atoms with Gasteiger partial charge in [0.2, 0.25) is 5.95 Å². The van der Waals surface area contributed by atoms with Crippen molar-refractivity contribution in [2.45, 2.75) is 32.8 Å². The van der Waals surface area contributed by atoms with E-state index in [1.54, 1.807) is 13.4 Å². The van der Waals surface area contributed by atoms with Crippen LogP contribution in [0.1, 0.15) is 27.2 Å². The number of hydrogen-bond donors (Lipinski definition) is 3. The van der Waals surface area contributed by atoms with E-state index in [1.165, 1.54) is 0 Å². The number of aromatic amines is 1. The normalized spacial score (nSPS) is 11.8. The first-order valence-electron chi connectivity index (χ1n) is 6.80. The molecule has 2 aromatic rings. The Balaban J connectivity index is 2.23. The van der Waals surface area contributed by atoms with Gasteiger partial charge in [0.05, 0.1) is 11.9 Å². The van der Waals surface area contributed by atoms with Gasteiger partial charge >= 0.3 is 0 Å². The lowest BCUT2D eigenvalue weighted by molar-refractivity contribution is 0.0343. The average molecular weight is 278 g/mol. The number of methoxy groups -OCH3 is 1. The van der Waals surface area contributed by atoms with E-state index in [1.807, 2.05) is 13.8 Å². The third-order valence-corrected chi connectivity index (χ3v) is 3.05. The van der Waals surface area contributed by atoms with E-state index in [0.29, 0.717) is 18.1 Å². The summed E-state index contributed by atoms with van der Waals surface area (Å²) in [7, 11) is 1.70. The highest BCUT2D eigenvalue weighted by Crippen LogP contribution is 2.19. The number of ether oxygens (including phenoxy) is 1. The maximum absolute atomic E-state index is 5.40. The summed E-state index contributed by atoms with van der Waals surface area (Å²) >= 11 is 0. The van der Waals surface area contributed by atoms with Crippen LogP contribution in [0.15, 0.2) is 6.33 Å². The molecule has 7 heteroatoms. The highest BCUT2D eigenvalue weighted by Gasteiger charge is 2.18. The van der Waals surface area contributed by atoms with E-state index in [-0.39, 0.29) is 5.60 Å². The van der Waals surface area contributed by atoms with E-state index in [0.717, 1.165) is 24.3 Å². The molecule has 0 saturated heterocycles. The molecule has 3 N–H and O–H groups in total. The topological polar surface area (TPSA) is 87.8 Å². The van der Waals surface area contributed by atoms with Gasteiger partial charge < -0.3 is 20.4 Å². The lowest BCUT2D eigenvalue weighted by atomic mass is 10.1. The smallest absolute Gasteiger partial charge is 0.226 e. The van der Waals surface area contributed by atoms with Gasteiger partial charge in [-0.1, -0.05) is 6.92 Å². The number of nitrogens with one attached hydrogen (secondary N) is 3. The van der Waals surface area contributed by atoms with Gasteiger partial charge in [-0.15, -0.1) is 0 Å². The van der Waals surface area contributed by atoms with Crippen LogP contribution >= 0.6 is 0 Å². The number of hydrogen-bond acceptors (Lipinski definition) is 6. The molecule has 0 fully saturated rings. The summed E-state index contributed by atoms with van der Waals surface area (Å²) < 4.78 is 5.40. The van der Waals surface area contributed by atoms with Gasteiger partial charge in [0, 0.05) is 20.2 Å². The molecule has 0 unspecified atom stereocenters. The minimum atomic E-state index is -0.270. The molecular formula is C13H22N6O. The second-order valence-corrected chi connectivity index (χ2v) is 5.24. The number of rotatable bonds is 7. The van der Waals surface area contributed by atoms with Crippen molar-refractivity contribution in [3.63, 3.8) is 0 Å². The van der Waals surface area contributed by atoms with Crippen LogP contribution in [0.4, 0.5) is 11.8 Å². The van der Waals surface area contributed by atoms with Gasteiger partial charge in [-0.05, 0) is 20.3 Å². The van der Waals surface area contributed by atoms with Crippen molar-refractivity contribution in [3.05, 3.63) is 6.33 Å². The molecule has 0 atom stereocenters. The van der Waals surface area contributed by atoms with E-state index in [4.69, 9.17) is 4.74 Å². The first-order chi connectivity index (χ1) is 9.55. The van der Waals surface area contributed by atoms with Crippen molar-refractivity contribution >= 4 is 22.9 Å². The van der Waals surface area contributed by atoms with Gasteiger partial charge in [0.25, 0.3) is 0 Å². The molecule has 0 aliphatic rings. The predicted molar refractivity (Wildman–Crippen MR) is 80.0 cm³/mol. The second-order valence-electron chi connectivity index (χ2n) is 5.24. The number of anilines is 2. The molecule has 2 aromatic heterocycles. The standard InChI is InChI=1S/C13H22N6O/c1-5-6-14-12-18-10(15-7-13(2,3)20-4)9-11(19-12)17-8-16-9/h8H,5-7H2,1-4H3,(H3,14,15,16,17,18,19). The minimum absolute atomic E-state index is 0.270. The number of imidazole rings is 1. The molecular weight excluding hydrogens is 256 g/mol. The molecule has 2 heterocycles. The molecule has 0 aliphatic heterocycles. The number of fused-ring (bicyclic) bond motifs is 1. The molecule has 0 saturated carbocycles. The Bertz CT molecular complexity index is 565. The third kappa shape index (κ3) is 3.36. The molecule has 0 amide bonds. The van der Waals surface area contributed by atoms with Crippen LogP contribution in [0.2, 0.25) is 0 Å². The number of aromatic nitrogens is 4. The van der Waals surface area contributed by atoms with Crippen molar-refractivity contribution in [3.8, 4) is 0 Å². The Morgan fingerprint density at radius 2 is 2.10 bits per heavy atom. The predicted octanol–water partition coefficient (Wildman–Crippen LogP) is 2.01. The summed E-state index contributed by atoms with van der Waals surface area (Å²) in [5, 5.41) is 6.47. The first-order valence-corrected chi connectivity index (χ1v) is 6.80. The highest BCUT2D eigenvalue weighted by atomic mass is 16.5. The van der Waals surface area contributed by atoms with E-state index in [2.05, 4.69) is 37.5 Å². The SMILES string of the molecule is CCCNc1nc(NCC(C)(C)OC)c2[nH]cnc2n1. The fraction of sp³-hybridized carbons (Fsp3) is 0.615. The maximum Gasteiger partial charge on any atom is 0.226 e. The van der Waals surface area contributed by atoms with Crippen molar-refractivity contribution in [1.29, 1.82) is 0 Å². The van der Waals surface area contributed by atoms with Crippen LogP contribution in [0.3, 0.4) is 0 Å². The van der Waals surface area contributed by atoms with Crippen LogP contribution in [0, 0.1) is 0 Å². The molecule has 0 aromatic carbocycles. The molecule has 110 valence electrons. The van der Waals surface area contributed by atoms with Crippen LogP contribution in [-0.2, 0) is 4.74 Å². The van der Waals surface area contributed by atoms with Gasteiger partial charge in [0.1, 0.15) is 5.52 Å². The van der Waals surface area contributed by atoms with Gasteiger partial charge in [-0.25, -0.2) is 4.98 Å². The summed E-state index contributed by atoms with van der Waals surface area (Å²) in [5.74, 6) is 1.32. The first kappa shape index (κ1) is 14.5. The largest absolute Gasteiger partial charge is 0.377 e. The monoisotopic (exact) mass is 278 g/mol. The van der Waals surface area contributed by atoms with Crippen LogP contribution in [-0.4, -0.2) is 45.7 Å². The van der Waals surface area contributed by atoms with E-state index >= 15 is 0 Å². The van der Waals surface area contributed by atoms with Gasteiger partial charge in [-0.2, -0.15) is 9.97 Å². The fourth-order valence-corrected chi connectivity index (χ4v) is 1.65. The lowest BCUT2D eigenvalue weighted by Crippen LogP contribution is -2.32. The molecule has 20 heavy (non-hydrogen) atoms. The van der Waals surface area contributed by atoms with Crippen molar-refractivity contribution < 1.29 is 4.74 Å². The summed E-state index contributed by atoms with van der Waals surface area (Å²) in [6.45, 7) is 7.60. The Hall–Kier alpha value is -1.89. The number of nitrogens with zero attached hydrogens (tertiary/aromatic N) is 3. The average Bonchev–Trinajstić information content (AvgIpc) is 2.91. The quantitative estimate of drug-likeness (QED) is 0.718. The van der Waals surface area contributed by atoms with E-state index < -0.39 is 0 Å². The summed E-state index contributed by atoms with van der Waals surface area (Å²) in [4.78, 5) is 16.1. The minimum Gasteiger partial charge on any atom is -0.377 e. The molecule has 0 bridgehead atoms. The maximum atomic E-state index is 5.40. The molecule has 0 radical (unpaired) electrons. The Kier molecular flexibility index (Phi) is 4.39. The van der Waals surface area contributed by atoms with Crippen molar-refractivity contribution in [1.82, 2.24) is 19.9 Å². The van der Waals surface area contributed by atoms with Gasteiger partial charge in [0.15, 0.2) is 11.5 Å². The zero-order valence-corrected chi connectivity index (χ0v) is 12.4. The Labute approximate surface area is 118 Å². The Morgan fingerprint density at radius 3 is 2.80 bits per heavy atom. The van der Waals surface area contributed by atoms with E-state index in [9.17, 15) is 0 Å². The number of H-pyrrole nitrogens is 1. The van der Waals surface area contributed by atoms with Crippen molar-refractivity contribution in [2.24, 2.45) is 0 Å². The second kappa shape index (κ2) is 6.04. The van der Waals surface area contributed by atoms with Crippen LogP contribution < -0.4 is 10.6 Å². The van der Waals surface area contributed by atoms with Gasteiger partial charge in [-0.3, -0.25) is 0 Å². The zero-order chi connectivity index (χ0) is 14.6. The van der Waals surface area contributed by atoms with Crippen LogP contribution in [0.5, 0.6) is 0 Å². The zero-order valence-electron chi connectivity index (χ0n) is 12.4. The Morgan fingerprint density at radius 1 is 1.30 bits per heavy atom. The fourth-order valence-electron chi connectivity index (χ4n) is 1.65. The summed E-state index contributed by atoms with van der Waals surface area (Å²) in [6.07, 6.45) is 2.64. The molecule has 0 aliphatic carbocycles. The highest BCUT2D eigenvalue weighted by molar-refractivity contribution is 5.83. The molecule has 7 nitrogen and oxygen atoms in total. The summed E-state index contributed by atoms with van der Waals surface area (Å²) in [6, 6.07) is 0. The summed E-state index contributed by atoms with van der Waals surface area (Å²) in [5.41, 5.74) is 1.18. The van der Waals surface area contributed by atoms with Crippen molar-refractivity contribution in [2.75, 3.05) is 30.8 Å². The van der Waals surface area contributed by atoms with Crippen LogP contribution in [0.25, 0.3) is 11.2 Å².